The average molecular weight is 241 g/mol. The van der Waals surface area contributed by atoms with Crippen molar-refractivity contribution in [2.24, 2.45) is 11.8 Å². The van der Waals surface area contributed by atoms with Crippen LogP contribution in [0.15, 0.2) is 0 Å². The highest BCUT2D eigenvalue weighted by Gasteiger charge is 2.20. The standard InChI is InChI=1S/C12H23N3O2/c1-10(2)11(9-13)12(16)14-5-6-15(3)7-8-17-4/h10-11H,5-8H2,1-4H3,(H,14,16). The van der Waals surface area contributed by atoms with Gasteiger partial charge in [-0.2, -0.15) is 5.26 Å². The van der Waals surface area contributed by atoms with Crippen LogP contribution in [0.1, 0.15) is 13.8 Å². The fraction of sp³-hybridized carbons (Fsp3) is 0.833. The molecule has 0 heterocycles. The van der Waals surface area contributed by atoms with Crippen LogP contribution in [0.2, 0.25) is 0 Å². The molecule has 5 nitrogen and oxygen atoms in total. The van der Waals surface area contributed by atoms with Crippen molar-refractivity contribution in [2.45, 2.75) is 13.8 Å². The third-order valence-electron chi connectivity index (χ3n) is 2.56. The first-order valence-electron chi connectivity index (χ1n) is 5.87. The number of nitrogens with zero attached hydrogens (tertiary/aromatic N) is 2. The van der Waals surface area contributed by atoms with Crippen molar-refractivity contribution in [1.82, 2.24) is 10.2 Å². The molecule has 0 aliphatic rings. The molecular weight excluding hydrogens is 218 g/mol. The lowest BCUT2D eigenvalue weighted by Crippen LogP contribution is -2.38. The molecule has 0 aliphatic heterocycles. The van der Waals surface area contributed by atoms with Crippen molar-refractivity contribution < 1.29 is 9.53 Å². The predicted molar refractivity (Wildman–Crippen MR) is 66.3 cm³/mol. The maximum Gasteiger partial charge on any atom is 0.237 e. The Morgan fingerprint density at radius 2 is 2.12 bits per heavy atom. The summed E-state index contributed by atoms with van der Waals surface area (Å²) in [5.74, 6) is -0.687. The zero-order valence-electron chi connectivity index (χ0n) is 11.2. The minimum Gasteiger partial charge on any atom is -0.383 e. The van der Waals surface area contributed by atoms with E-state index in [9.17, 15) is 4.79 Å². The van der Waals surface area contributed by atoms with Crippen LogP contribution in [-0.4, -0.2) is 51.2 Å². The number of carbonyl (C=O) groups excluding carboxylic acids is 1. The lowest BCUT2D eigenvalue weighted by atomic mass is 9.97. The molecule has 0 spiro atoms. The van der Waals surface area contributed by atoms with Crippen molar-refractivity contribution in [2.75, 3.05) is 40.4 Å². The van der Waals surface area contributed by atoms with E-state index in [1.807, 2.05) is 27.0 Å². The van der Waals surface area contributed by atoms with E-state index in [2.05, 4.69) is 10.2 Å². The maximum atomic E-state index is 11.6. The summed E-state index contributed by atoms with van der Waals surface area (Å²) in [5.41, 5.74) is 0. The first-order valence-corrected chi connectivity index (χ1v) is 5.87. The van der Waals surface area contributed by atoms with Crippen LogP contribution in [0, 0.1) is 23.2 Å². The van der Waals surface area contributed by atoms with Crippen LogP contribution >= 0.6 is 0 Å². The number of likely N-dealkylation sites (N-methyl/N-ethyl adjacent to an activating group) is 1. The van der Waals surface area contributed by atoms with Gasteiger partial charge in [0.25, 0.3) is 0 Å². The molecule has 5 heteroatoms. The van der Waals surface area contributed by atoms with Crippen molar-refractivity contribution in [3.8, 4) is 6.07 Å². The molecule has 1 unspecified atom stereocenters. The minimum absolute atomic E-state index is 0.0474. The predicted octanol–water partition coefficient (Wildman–Crippen LogP) is 0.477. The SMILES string of the molecule is COCCN(C)CCNC(=O)C(C#N)C(C)C. The van der Waals surface area contributed by atoms with Crippen LogP contribution < -0.4 is 5.32 Å². The molecule has 1 N–H and O–H groups in total. The highest BCUT2D eigenvalue weighted by molar-refractivity contribution is 5.81. The molecule has 0 saturated carbocycles. The normalized spacial score (nSPS) is 12.5. The second-order valence-electron chi connectivity index (χ2n) is 4.44. The smallest absolute Gasteiger partial charge is 0.237 e. The summed E-state index contributed by atoms with van der Waals surface area (Å²) in [5, 5.41) is 11.6. The first kappa shape index (κ1) is 15.9. The van der Waals surface area contributed by atoms with Crippen LogP contribution in [0.4, 0.5) is 0 Å². The summed E-state index contributed by atoms with van der Waals surface area (Å²) in [7, 11) is 3.63. The van der Waals surface area contributed by atoms with Crippen molar-refractivity contribution in [1.29, 1.82) is 5.26 Å². The Labute approximate surface area is 104 Å². The Hall–Kier alpha value is -1.12. The largest absolute Gasteiger partial charge is 0.383 e. The number of nitriles is 1. The Morgan fingerprint density at radius 3 is 2.59 bits per heavy atom. The van der Waals surface area contributed by atoms with Gasteiger partial charge < -0.3 is 15.0 Å². The highest BCUT2D eigenvalue weighted by atomic mass is 16.5. The van der Waals surface area contributed by atoms with Gasteiger partial charge in [-0.05, 0) is 13.0 Å². The summed E-state index contributed by atoms with van der Waals surface area (Å²) in [6, 6.07) is 2.03. The molecule has 0 aromatic rings. The molecule has 0 aliphatic carbocycles. The molecule has 0 radical (unpaired) electrons. The lowest BCUT2D eigenvalue weighted by Gasteiger charge is -2.17. The monoisotopic (exact) mass is 241 g/mol. The third kappa shape index (κ3) is 6.93. The van der Waals surface area contributed by atoms with Gasteiger partial charge in [0.05, 0.1) is 12.7 Å². The van der Waals surface area contributed by atoms with E-state index in [0.717, 1.165) is 13.1 Å². The Balaban J connectivity index is 3.81. The van der Waals surface area contributed by atoms with E-state index in [-0.39, 0.29) is 11.8 Å². The number of ether oxygens (including phenoxy) is 1. The van der Waals surface area contributed by atoms with Gasteiger partial charge in [-0.25, -0.2) is 0 Å². The van der Waals surface area contributed by atoms with Crippen LogP contribution in [-0.2, 0) is 9.53 Å². The molecule has 0 fully saturated rings. The van der Waals surface area contributed by atoms with Gasteiger partial charge in [-0.15, -0.1) is 0 Å². The molecule has 1 atom stereocenters. The third-order valence-corrected chi connectivity index (χ3v) is 2.56. The summed E-state index contributed by atoms with van der Waals surface area (Å²) >= 11 is 0. The number of hydrogen-bond acceptors (Lipinski definition) is 4. The van der Waals surface area contributed by atoms with Crippen LogP contribution in [0.25, 0.3) is 0 Å². The van der Waals surface area contributed by atoms with E-state index in [0.29, 0.717) is 13.2 Å². The lowest BCUT2D eigenvalue weighted by molar-refractivity contribution is -0.124. The van der Waals surface area contributed by atoms with Crippen molar-refractivity contribution >= 4 is 5.91 Å². The number of hydrogen-bond donors (Lipinski definition) is 1. The molecule has 17 heavy (non-hydrogen) atoms. The molecular formula is C12H23N3O2. The van der Waals surface area contributed by atoms with Crippen LogP contribution in [0.3, 0.4) is 0 Å². The van der Waals surface area contributed by atoms with E-state index in [4.69, 9.17) is 10.00 Å². The Kier molecular flexibility index (Phi) is 8.38. The summed E-state index contributed by atoms with van der Waals surface area (Å²) < 4.78 is 4.95. The first-order chi connectivity index (χ1) is 8.02. The fourth-order valence-corrected chi connectivity index (χ4v) is 1.35. The summed E-state index contributed by atoms with van der Waals surface area (Å²) in [4.78, 5) is 13.7. The Morgan fingerprint density at radius 1 is 1.47 bits per heavy atom. The fourth-order valence-electron chi connectivity index (χ4n) is 1.35. The molecule has 1 amide bonds. The molecule has 0 saturated heterocycles. The summed E-state index contributed by atoms with van der Waals surface area (Å²) in [6.45, 7) is 6.57. The van der Waals surface area contributed by atoms with E-state index in [1.165, 1.54) is 0 Å². The van der Waals surface area contributed by atoms with E-state index < -0.39 is 5.92 Å². The number of amides is 1. The maximum absolute atomic E-state index is 11.6. The number of rotatable bonds is 8. The second-order valence-corrected chi connectivity index (χ2v) is 4.44. The van der Waals surface area contributed by atoms with E-state index in [1.54, 1.807) is 7.11 Å². The molecule has 0 bridgehead atoms. The number of carbonyl (C=O) groups is 1. The van der Waals surface area contributed by atoms with Gasteiger partial charge in [-0.1, -0.05) is 13.8 Å². The Bertz CT molecular complexity index is 261. The van der Waals surface area contributed by atoms with Gasteiger partial charge in [0.2, 0.25) is 5.91 Å². The van der Waals surface area contributed by atoms with E-state index >= 15 is 0 Å². The van der Waals surface area contributed by atoms with Crippen molar-refractivity contribution in [3.05, 3.63) is 0 Å². The number of nitrogens with one attached hydrogen (secondary N) is 1. The van der Waals surface area contributed by atoms with Gasteiger partial charge in [0.1, 0.15) is 5.92 Å². The van der Waals surface area contributed by atoms with Gasteiger partial charge in [-0.3, -0.25) is 4.79 Å². The van der Waals surface area contributed by atoms with Crippen LogP contribution in [0.5, 0.6) is 0 Å². The molecule has 98 valence electrons. The molecule has 0 aromatic heterocycles. The van der Waals surface area contributed by atoms with Gasteiger partial charge >= 0.3 is 0 Å². The highest BCUT2D eigenvalue weighted by Crippen LogP contribution is 2.08. The molecule has 0 aromatic carbocycles. The summed E-state index contributed by atoms with van der Waals surface area (Å²) in [6.07, 6.45) is 0. The minimum atomic E-state index is -0.556. The quantitative estimate of drug-likeness (QED) is 0.671. The van der Waals surface area contributed by atoms with Crippen molar-refractivity contribution in [3.63, 3.8) is 0 Å². The van der Waals surface area contributed by atoms with Gasteiger partial charge in [0, 0.05) is 26.7 Å². The second kappa shape index (κ2) is 8.97. The molecule has 0 rings (SSSR count). The van der Waals surface area contributed by atoms with Gasteiger partial charge in [0.15, 0.2) is 0 Å². The zero-order valence-corrected chi connectivity index (χ0v) is 11.2. The zero-order chi connectivity index (χ0) is 13.3. The average Bonchev–Trinajstić information content (AvgIpc) is 2.26. The number of methoxy groups -OCH3 is 1. The topological polar surface area (TPSA) is 65.4 Å².